The number of nitrogens with two attached hydrogens (primary N) is 1. The minimum atomic E-state index is -0.0121. The molecule has 0 aliphatic rings. The number of benzene rings is 1. The van der Waals surface area contributed by atoms with Gasteiger partial charge in [-0.2, -0.15) is 0 Å². The number of rotatable bonds is 2. The fraction of sp³-hybridized carbons (Fsp3) is 0.500. The maximum absolute atomic E-state index is 6.21. The van der Waals surface area contributed by atoms with Gasteiger partial charge in [-0.1, -0.05) is 36.7 Å². The molecule has 0 fully saturated rings. The van der Waals surface area contributed by atoms with E-state index >= 15 is 0 Å². The summed E-state index contributed by atoms with van der Waals surface area (Å²) in [5, 5.41) is 0. The van der Waals surface area contributed by atoms with Gasteiger partial charge in [-0.15, -0.1) is 12.4 Å². The van der Waals surface area contributed by atoms with Crippen molar-refractivity contribution in [2.45, 2.75) is 26.8 Å². The van der Waals surface area contributed by atoms with Crippen LogP contribution in [0.2, 0.25) is 0 Å². The van der Waals surface area contributed by atoms with E-state index in [1.165, 1.54) is 0 Å². The van der Waals surface area contributed by atoms with E-state index in [0.717, 1.165) is 15.8 Å². The molecule has 2 N–H and O–H groups in total. The Morgan fingerprint density at radius 3 is 2.31 bits per heavy atom. The Morgan fingerprint density at radius 1 is 1.31 bits per heavy atom. The van der Waals surface area contributed by atoms with Gasteiger partial charge in [0, 0.05) is 10.5 Å². The molecule has 4 heteroatoms. The second kappa shape index (κ2) is 5.89. The third-order valence-corrected chi connectivity index (χ3v) is 3.19. The highest BCUT2D eigenvalue weighted by Crippen LogP contribution is 2.36. The lowest BCUT2D eigenvalue weighted by Gasteiger charge is -2.28. The van der Waals surface area contributed by atoms with E-state index in [2.05, 4.69) is 36.7 Å². The van der Waals surface area contributed by atoms with Crippen LogP contribution in [0.25, 0.3) is 0 Å². The Hall–Kier alpha value is -0.250. The van der Waals surface area contributed by atoms with Gasteiger partial charge in [-0.3, -0.25) is 0 Å². The SMILES string of the molecule is COc1ccc(Br)c([C@@H](N)C(C)(C)C)c1.Cl. The highest BCUT2D eigenvalue weighted by Gasteiger charge is 2.24. The molecule has 1 rings (SSSR count). The van der Waals surface area contributed by atoms with Crippen molar-refractivity contribution in [3.05, 3.63) is 28.2 Å². The van der Waals surface area contributed by atoms with Gasteiger partial charge in [0.2, 0.25) is 0 Å². The van der Waals surface area contributed by atoms with E-state index in [-0.39, 0.29) is 23.9 Å². The molecule has 0 bridgehead atoms. The predicted molar refractivity (Wildman–Crippen MR) is 74.3 cm³/mol. The highest BCUT2D eigenvalue weighted by molar-refractivity contribution is 9.10. The summed E-state index contributed by atoms with van der Waals surface area (Å²) in [6.07, 6.45) is 0. The molecule has 0 unspecified atom stereocenters. The maximum Gasteiger partial charge on any atom is 0.119 e. The Balaban J connectivity index is 0.00000225. The Labute approximate surface area is 112 Å². The van der Waals surface area contributed by atoms with Crippen molar-refractivity contribution in [1.82, 2.24) is 0 Å². The lowest BCUT2D eigenvalue weighted by Crippen LogP contribution is -2.26. The molecule has 0 aliphatic carbocycles. The predicted octanol–water partition coefficient (Wildman–Crippen LogP) is 3.93. The summed E-state index contributed by atoms with van der Waals surface area (Å²) in [6.45, 7) is 6.39. The van der Waals surface area contributed by atoms with E-state index < -0.39 is 0 Å². The molecular weight excluding hydrogens is 289 g/mol. The standard InChI is InChI=1S/C12H18BrNO.ClH/c1-12(2,3)11(14)9-7-8(15-4)5-6-10(9)13;/h5-7,11H,14H2,1-4H3;1H/t11-;/m1./s1. The molecule has 0 heterocycles. The number of hydrogen-bond donors (Lipinski definition) is 1. The fourth-order valence-electron chi connectivity index (χ4n) is 1.35. The van der Waals surface area contributed by atoms with Gasteiger partial charge < -0.3 is 10.5 Å². The third kappa shape index (κ3) is 3.65. The summed E-state index contributed by atoms with van der Waals surface area (Å²) < 4.78 is 6.23. The highest BCUT2D eigenvalue weighted by atomic mass is 79.9. The van der Waals surface area contributed by atoms with E-state index in [0.29, 0.717) is 0 Å². The third-order valence-electron chi connectivity index (χ3n) is 2.47. The van der Waals surface area contributed by atoms with Crippen LogP contribution in [0.1, 0.15) is 32.4 Å². The van der Waals surface area contributed by atoms with Crippen molar-refractivity contribution in [2.24, 2.45) is 11.1 Å². The zero-order valence-corrected chi connectivity index (χ0v) is 12.5. The lowest BCUT2D eigenvalue weighted by molar-refractivity contribution is 0.324. The second-order valence-corrected chi connectivity index (χ2v) is 5.59. The minimum Gasteiger partial charge on any atom is -0.497 e. The smallest absolute Gasteiger partial charge is 0.119 e. The average Bonchev–Trinajstić information content (AvgIpc) is 2.16. The van der Waals surface area contributed by atoms with Crippen LogP contribution in [-0.2, 0) is 0 Å². The first-order valence-electron chi connectivity index (χ1n) is 4.95. The van der Waals surface area contributed by atoms with Crippen molar-refractivity contribution in [2.75, 3.05) is 7.11 Å². The summed E-state index contributed by atoms with van der Waals surface area (Å²) in [5.41, 5.74) is 7.33. The lowest BCUT2D eigenvalue weighted by atomic mass is 9.83. The zero-order valence-electron chi connectivity index (χ0n) is 10.1. The largest absolute Gasteiger partial charge is 0.497 e. The van der Waals surface area contributed by atoms with Gasteiger partial charge >= 0.3 is 0 Å². The Morgan fingerprint density at radius 2 is 1.88 bits per heavy atom. The van der Waals surface area contributed by atoms with E-state index in [9.17, 15) is 0 Å². The molecule has 0 spiro atoms. The topological polar surface area (TPSA) is 35.2 Å². The molecule has 2 nitrogen and oxygen atoms in total. The molecule has 0 saturated carbocycles. The molecule has 1 aromatic rings. The van der Waals surface area contributed by atoms with E-state index in [4.69, 9.17) is 10.5 Å². The second-order valence-electron chi connectivity index (χ2n) is 4.73. The van der Waals surface area contributed by atoms with Crippen LogP contribution >= 0.6 is 28.3 Å². The van der Waals surface area contributed by atoms with Gasteiger partial charge in [-0.05, 0) is 29.2 Å². The first-order valence-corrected chi connectivity index (χ1v) is 5.74. The first kappa shape index (κ1) is 15.8. The van der Waals surface area contributed by atoms with Crippen LogP contribution in [0.3, 0.4) is 0 Å². The molecule has 1 aromatic carbocycles. The van der Waals surface area contributed by atoms with Crippen LogP contribution in [-0.4, -0.2) is 7.11 Å². The summed E-state index contributed by atoms with van der Waals surface area (Å²) >= 11 is 3.52. The van der Waals surface area contributed by atoms with E-state index in [1.54, 1.807) is 7.11 Å². The molecular formula is C12H19BrClNO. The normalized spacial score (nSPS) is 12.9. The van der Waals surface area contributed by atoms with Gasteiger partial charge in [-0.25, -0.2) is 0 Å². The Kier molecular flexibility index (Phi) is 5.80. The van der Waals surface area contributed by atoms with Gasteiger partial charge in [0.25, 0.3) is 0 Å². The molecule has 0 saturated heterocycles. The molecule has 0 aliphatic heterocycles. The monoisotopic (exact) mass is 307 g/mol. The zero-order chi connectivity index (χ0) is 11.6. The molecule has 1 atom stereocenters. The summed E-state index contributed by atoms with van der Waals surface area (Å²) in [4.78, 5) is 0. The van der Waals surface area contributed by atoms with Gasteiger partial charge in [0.1, 0.15) is 5.75 Å². The van der Waals surface area contributed by atoms with Crippen LogP contribution in [0.15, 0.2) is 22.7 Å². The van der Waals surface area contributed by atoms with Crippen molar-refractivity contribution in [3.8, 4) is 5.75 Å². The summed E-state index contributed by atoms with van der Waals surface area (Å²) in [6, 6.07) is 5.87. The van der Waals surface area contributed by atoms with Crippen molar-refractivity contribution in [1.29, 1.82) is 0 Å². The fourth-order valence-corrected chi connectivity index (χ4v) is 1.85. The van der Waals surface area contributed by atoms with Crippen LogP contribution in [0.5, 0.6) is 5.75 Å². The molecule has 0 radical (unpaired) electrons. The molecule has 0 aromatic heterocycles. The quantitative estimate of drug-likeness (QED) is 0.898. The Bertz CT molecular complexity index is 349. The summed E-state index contributed by atoms with van der Waals surface area (Å²) in [5.74, 6) is 0.841. The number of halogens is 2. The van der Waals surface area contributed by atoms with Crippen molar-refractivity contribution >= 4 is 28.3 Å². The number of ether oxygens (including phenoxy) is 1. The van der Waals surface area contributed by atoms with Gasteiger partial charge in [0.05, 0.1) is 7.11 Å². The average molecular weight is 309 g/mol. The van der Waals surface area contributed by atoms with Crippen molar-refractivity contribution in [3.63, 3.8) is 0 Å². The summed E-state index contributed by atoms with van der Waals surface area (Å²) in [7, 11) is 1.66. The molecule has 16 heavy (non-hydrogen) atoms. The van der Waals surface area contributed by atoms with Crippen molar-refractivity contribution < 1.29 is 4.74 Å². The molecule has 92 valence electrons. The van der Waals surface area contributed by atoms with Gasteiger partial charge in [0.15, 0.2) is 0 Å². The van der Waals surface area contributed by atoms with E-state index in [1.807, 2.05) is 18.2 Å². The van der Waals surface area contributed by atoms with Crippen LogP contribution in [0.4, 0.5) is 0 Å². The molecule has 0 amide bonds. The number of methoxy groups -OCH3 is 1. The van der Waals surface area contributed by atoms with Crippen LogP contribution in [0, 0.1) is 5.41 Å². The van der Waals surface area contributed by atoms with Crippen LogP contribution < -0.4 is 10.5 Å². The first-order chi connectivity index (χ1) is 6.86. The number of hydrogen-bond acceptors (Lipinski definition) is 2. The minimum absolute atomic E-state index is 0. The maximum atomic E-state index is 6.21.